The van der Waals surface area contributed by atoms with Crippen molar-refractivity contribution in [2.24, 2.45) is 28.1 Å². The predicted molar refractivity (Wildman–Crippen MR) is 120 cm³/mol. The molecule has 6 unspecified atom stereocenters. The number of rotatable bonds is 14. The maximum atomic E-state index is 12.7. The van der Waals surface area contributed by atoms with E-state index in [4.69, 9.17) is 17.2 Å². The number of hydrogen-bond acceptors (Lipinski definition) is 8. The Balaban J connectivity index is 5.22. The molecule has 0 fully saturated rings. The van der Waals surface area contributed by atoms with Crippen LogP contribution in [0.4, 0.5) is 0 Å². The van der Waals surface area contributed by atoms with Gasteiger partial charge in [-0.1, -0.05) is 13.8 Å². The van der Waals surface area contributed by atoms with Crippen molar-refractivity contribution in [2.45, 2.75) is 76.9 Å². The lowest BCUT2D eigenvalue weighted by Gasteiger charge is -2.28. The molecular weight excluding hydrogens is 438 g/mol. The maximum absolute atomic E-state index is 12.7. The molecule has 12 N–H and O–H groups in total. The molecule has 0 aliphatic carbocycles. The highest BCUT2D eigenvalue weighted by Crippen LogP contribution is 2.05. The van der Waals surface area contributed by atoms with Crippen LogP contribution in [0.25, 0.3) is 0 Å². The van der Waals surface area contributed by atoms with Crippen LogP contribution in [0.1, 0.15) is 40.5 Å². The van der Waals surface area contributed by atoms with E-state index >= 15 is 0 Å². The van der Waals surface area contributed by atoms with Crippen LogP contribution in [0.3, 0.4) is 0 Å². The summed E-state index contributed by atoms with van der Waals surface area (Å²) >= 11 is 0. The number of aliphatic imine (C=N–C) groups is 1. The van der Waals surface area contributed by atoms with E-state index in [9.17, 15) is 34.5 Å². The van der Waals surface area contributed by atoms with Crippen LogP contribution >= 0.6 is 0 Å². The Bertz CT molecular complexity index is 709. The van der Waals surface area contributed by atoms with Crippen molar-refractivity contribution >= 4 is 29.7 Å². The molecule has 0 aromatic heterocycles. The number of aliphatic carboxylic acids is 1. The Hall–Kier alpha value is -2.97. The van der Waals surface area contributed by atoms with Crippen LogP contribution < -0.4 is 33.2 Å². The van der Waals surface area contributed by atoms with Gasteiger partial charge in [0, 0.05) is 6.54 Å². The highest BCUT2D eigenvalue weighted by atomic mass is 16.4. The zero-order chi connectivity index (χ0) is 25.9. The molecule has 0 aromatic carbocycles. The topological polar surface area (TPSA) is 255 Å². The second-order valence-electron chi connectivity index (χ2n) is 8.08. The molecule has 0 aliphatic rings. The van der Waals surface area contributed by atoms with Crippen LogP contribution in [0, 0.1) is 5.92 Å². The number of carbonyl (C=O) groups is 4. The Morgan fingerprint density at radius 2 is 1.24 bits per heavy atom. The average molecular weight is 476 g/mol. The number of aliphatic hydroxyl groups excluding tert-OH is 2. The standard InChI is InChI=1S/C19H37N7O7/c1-8(2)12(18(32)33)24-16(30)14(10(4)28)26-17(31)13(9(3)27)25-15(29)11(20)6-5-7-23-19(21)22/h8-14,27-28H,5-7,20H2,1-4H3,(H,24,30)(H,25,29)(H,26,31)(H,32,33)(H4,21,22,23). The number of hydrogen-bond donors (Lipinski definition) is 9. The van der Waals surface area contributed by atoms with Crippen molar-refractivity contribution in [3.05, 3.63) is 0 Å². The first-order chi connectivity index (χ1) is 15.2. The molecular formula is C19H37N7O7. The van der Waals surface area contributed by atoms with Gasteiger partial charge in [0.25, 0.3) is 0 Å². The number of nitrogens with one attached hydrogen (secondary N) is 3. The monoisotopic (exact) mass is 475 g/mol. The van der Waals surface area contributed by atoms with Gasteiger partial charge in [0.2, 0.25) is 17.7 Å². The van der Waals surface area contributed by atoms with Gasteiger partial charge in [-0.2, -0.15) is 0 Å². The van der Waals surface area contributed by atoms with Crippen LogP contribution in [0.15, 0.2) is 4.99 Å². The molecule has 0 spiro atoms. The summed E-state index contributed by atoms with van der Waals surface area (Å²) in [5.41, 5.74) is 16.2. The minimum absolute atomic E-state index is 0.0985. The summed E-state index contributed by atoms with van der Waals surface area (Å²) < 4.78 is 0. The first-order valence-corrected chi connectivity index (χ1v) is 10.5. The minimum Gasteiger partial charge on any atom is -0.480 e. The lowest BCUT2D eigenvalue weighted by molar-refractivity contribution is -0.144. The molecule has 33 heavy (non-hydrogen) atoms. The van der Waals surface area contributed by atoms with Gasteiger partial charge in [-0.25, -0.2) is 4.79 Å². The normalized spacial score (nSPS) is 16.5. The predicted octanol–water partition coefficient (Wildman–Crippen LogP) is -3.68. The summed E-state index contributed by atoms with van der Waals surface area (Å²) in [6, 6.07) is -5.30. The number of nitrogens with two attached hydrogens (primary N) is 3. The summed E-state index contributed by atoms with van der Waals surface area (Å²) in [5, 5.41) is 35.9. The molecule has 0 aliphatic heterocycles. The number of amides is 3. The molecule has 190 valence electrons. The molecule has 0 saturated carbocycles. The molecule has 0 saturated heterocycles. The van der Waals surface area contributed by atoms with E-state index in [1.54, 1.807) is 13.8 Å². The van der Waals surface area contributed by atoms with Crippen molar-refractivity contribution < 1.29 is 34.5 Å². The average Bonchev–Trinajstić information content (AvgIpc) is 2.69. The SMILES string of the molecule is CC(C)C(NC(=O)C(NC(=O)C(NC(=O)C(N)CCCN=C(N)N)C(C)O)C(C)O)C(=O)O. The molecule has 0 rings (SSSR count). The van der Waals surface area contributed by atoms with E-state index in [2.05, 4.69) is 20.9 Å². The largest absolute Gasteiger partial charge is 0.480 e. The second kappa shape index (κ2) is 14.2. The van der Waals surface area contributed by atoms with E-state index in [-0.39, 0.29) is 18.9 Å². The summed E-state index contributed by atoms with van der Waals surface area (Å²) in [7, 11) is 0. The van der Waals surface area contributed by atoms with Gasteiger partial charge in [-0.3, -0.25) is 19.4 Å². The number of carboxylic acid groups (broad SMARTS) is 1. The van der Waals surface area contributed by atoms with E-state index in [0.29, 0.717) is 6.42 Å². The Labute approximate surface area is 192 Å². The van der Waals surface area contributed by atoms with E-state index in [1.807, 2.05) is 0 Å². The number of aliphatic hydroxyl groups is 2. The molecule has 14 heteroatoms. The Morgan fingerprint density at radius 1 is 0.818 bits per heavy atom. The zero-order valence-corrected chi connectivity index (χ0v) is 19.3. The fourth-order valence-corrected chi connectivity index (χ4v) is 2.72. The first-order valence-electron chi connectivity index (χ1n) is 10.5. The summed E-state index contributed by atoms with van der Waals surface area (Å²) in [6.45, 7) is 5.87. The highest BCUT2D eigenvalue weighted by Gasteiger charge is 2.34. The quantitative estimate of drug-likeness (QED) is 0.0675. The van der Waals surface area contributed by atoms with E-state index in [1.165, 1.54) is 13.8 Å². The first kappa shape index (κ1) is 30.0. The molecule has 6 atom stereocenters. The number of guanidine groups is 1. The molecule has 3 amide bonds. The van der Waals surface area contributed by atoms with Gasteiger partial charge < -0.3 is 48.5 Å². The van der Waals surface area contributed by atoms with E-state index < -0.39 is 66.0 Å². The second-order valence-corrected chi connectivity index (χ2v) is 8.08. The van der Waals surface area contributed by atoms with Crippen molar-refractivity contribution in [2.75, 3.05) is 6.54 Å². The van der Waals surface area contributed by atoms with Crippen LogP contribution in [-0.4, -0.2) is 87.9 Å². The van der Waals surface area contributed by atoms with Crippen molar-refractivity contribution in [1.29, 1.82) is 0 Å². The van der Waals surface area contributed by atoms with Crippen molar-refractivity contribution in [1.82, 2.24) is 16.0 Å². The van der Waals surface area contributed by atoms with Crippen molar-refractivity contribution in [3.63, 3.8) is 0 Å². The molecule has 0 bridgehead atoms. The zero-order valence-electron chi connectivity index (χ0n) is 19.3. The third kappa shape index (κ3) is 10.9. The van der Waals surface area contributed by atoms with Gasteiger partial charge in [-0.15, -0.1) is 0 Å². The van der Waals surface area contributed by atoms with Crippen LogP contribution in [-0.2, 0) is 19.2 Å². The van der Waals surface area contributed by atoms with Crippen LogP contribution in [0.2, 0.25) is 0 Å². The van der Waals surface area contributed by atoms with Gasteiger partial charge in [0.15, 0.2) is 5.96 Å². The molecule has 0 radical (unpaired) electrons. The summed E-state index contributed by atoms with van der Waals surface area (Å²) in [5.74, 6) is -4.48. The maximum Gasteiger partial charge on any atom is 0.326 e. The van der Waals surface area contributed by atoms with Gasteiger partial charge in [-0.05, 0) is 32.6 Å². The highest BCUT2D eigenvalue weighted by molar-refractivity contribution is 5.94. The minimum atomic E-state index is -1.54. The third-order valence-electron chi connectivity index (χ3n) is 4.66. The lowest BCUT2D eigenvalue weighted by atomic mass is 10.0. The lowest BCUT2D eigenvalue weighted by Crippen LogP contribution is -2.62. The van der Waals surface area contributed by atoms with Gasteiger partial charge >= 0.3 is 5.97 Å². The van der Waals surface area contributed by atoms with E-state index in [0.717, 1.165) is 0 Å². The summed E-state index contributed by atoms with van der Waals surface area (Å²) in [4.78, 5) is 52.6. The molecule has 14 nitrogen and oxygen atoms in total. The third-order valence-corrected chi connectivity index (χ3v) is 4.66. The fourth-order valence-electron chi connectivity index (χ4n) is 2.72. The Morgan fingerprint density at radius 3 is 1.61 bits per heavy atom. The summed E-state index contributed by atoms with van der Waals surface area (Å²) in [6.07, 6.45) is -2.19. The van der Waals surface area contributed by atoms with Crippen molar-refractivity contribution in [3.8, 4) is 0 Å². The molecule has 0 heterocycles. The van der Waals surface area contributed by atoms with Gasteiger partial charge in [0.05, 0.1) is 18.2 Å². The smallest absolute Gasteiger partial charge is 0.326 e. The van der Waals surface area contributed by atoms with Crippen LogP contribution in [0.5, 0.6) is 0 Å². The Kier molecular flexibility index (Phi) is 13.0. The fraction of sp³-hybridized carbons (Fsp3) is 0.737. The van der Waals surface area contributed by atoms with Gasteiger partial charge in [0.1, 0.15) is 18.1 Å². The number of carbonyl (C=O) groups excluding carboxylic acids is 3. The number of nitrogens with zero attached hydrogens (tertiary/aromatic N) is 1. The number of carboxylic acids is 1. The molecule has 0 aromatic rings.